The zero-order valence-electron chi connectivity index (χ0n) is 19.0. The third-order valence-electron chi connectivity index (χ3n) is 5.19. The van der Waals surface area contributed by atoms with Crippen LogP contribution in [-0.4, -0.2) is 8.07 Å². The van der Waals surface area contributed by atoms with Gasteiger partial charge in [0.25, 0.3) is 0 Å². The first kappa shape index (κ1) is 31.9. The molecule has 160 valence electrons. The molecule has 30 heavy (non-hydrogen) atoms. The number of allylic oxidation sites excluding steroid dienone is 4. The van der Waals surface area contributed by atoms with Crippen LogP contribution in [0.5, 0.6) is 0 Å². The van der Waals surface area contributed by atoms with Gasteiger partial charge in [-0.2, -0.15) is 5.20 Å². The monoisotopic (exact) mass is 512 g/mol. The predicted molar refractivity (Wildman–Crippen MR) is 116 cm³/mol. The molecule has 0 saturated heterocycles. The van der Waals surface area contributed by atoms with Crippen molar-refractivity contribution in [3.8, 4) is 0 Å². The largest absolute Gasteiger partial charge is 4.00 e. The quantitative estimate of drug-likeness (QED) is 0.328. The topological polar surface area (TPSA) is 0 Å². The standard InChI is InChI=1S/C25H31Si.3ClH.Ti/c1-17-10-18(2)13-22(12-17)25(23-14-19(3)11-20(4)15-23)21-8-9-24(16-21)26(5,6)7;;;;/h8,10-15,25H,9H2,1-7H3;3*1H;/q-1;;;;+4/p-3. The van der Waals surface area contributed by atoms with Crippen LogP contribution in [0.3, 0.4) is 0 Å². The summed E-state index contributed by atoms with van der Waals surface area (Å²) in [5.74, 6) is 0.279. The van der Waals surface area contributed by atoms with Gasteiger partial charge >= 0.3 is 21.7 Å². The van der Waals surface area contributed by atoms with Crippen LogP contribution in [0.25, 0.3) is 0 Å². The molecule has 0 radical (unpaired) electrons. The summed E-state index contributed by atoms with van der Waals surface area (Å²) in [7, 11) is -1.30. The first-order valence-electron chi connectivity index (χ1n) is 9.63. The summed E-state index contributed by atoms with van der Waals surface area (Å²) in [5.41, 5.74) is 9.48. The molecule has 1 aliphatic rings. The molecular formula is C25H31Cl3SiTi. The molecule has 0 nitrogen and oxygen atoms in total. The van der Waals surface area contributed by atoms with Gasteiger partial charge < -0.3 is 37.2 Å². The molecule has 5 heteroatoms. The SMILES string of the molecule is Cc1cc(C)cc(C(C2=CCC([Si](C)(C)C)=[C-]2)c2cc(C)cc(C)c2)c1.[Cl-].[Cl-].[Cl-].[Ti+4]. The number of hydrogen-bond acceptors (Lipinski definition) is 0. The van der Waals surface area contributed by atoms with Gasteiger partial charge in [-0.15, -0.1) is 6.42 Å². The van der Waals surface area contributed by atoms with Crippen molar-refractivity contribution in [2.45, 2.75) is 59.7 Å². The van der Waals surface area contributed by atoms with E-state index in [-0.39, 0.29) is 64.9 Å². The summed E-state index contributed by atoms with van der Waals surface area (Å²) in [5, 5.41) is 1.55. The van der Waals surface area contributed by atoms with Gasteiger partial charge in [-0.05, 0) is 38.8 Å². The molecule has 0 amide bonds. The van der Waals surface area contributed by atoms with Crippen molar-refractivity contribution in [3.05, 3.63) is 92.7 Å². The van der Waals surface area contributed by atoms with E-state index in [1.807, 2.05) is 0 Å². The van der Waals surface area contributed by atoms with Crippen LogP contribution < -0.4 is 37.2 Å². The average molecular weight is 514 g/mol. The fraction of sp³-hybridized carbons (Fsp3) is 0.360. The normalized spacial score (nSPS) is 12.7. The molecule has 0 bridgehead atoms. The molecule has 0 atom stereocenters. The maximum Gasteiger partial charge on any atom is 4.00 e. The van der Waals surface area contributed by atoms with Crippen molar-refractivity contribution in [1.29, 1.82) is 0 Å². The van der Waals surface area contributed by atoms with Crippen molar-refractivity contribution in [1.82, 2.24) is 0 Å². The molecule has 0 aliphatic heterocycles. The van der Waals surface area contributed by atoms with E-state index in [1.165, 1.54) is 39.0 Å². The van der Waals surface area contributed by atoms with Crippen molar-refractivity contribution in [3.63, 3.8) is 0 Å². The smallest absolute Gasteiger partial charge is 1.00 e. The zero-order chi connectivity index (χ0) is 19.1. The van der Waals surface area contributed by atoms with Gasteiger partial charge in [-0.1, -0.05) is 78.3 Å². The summed E-state index contributed by atoms with van der Waals surface area (Å²) in [4.78, 5) is 0. The van der Waals surface area contributed by atoms with Gasteiger partial charge in [0.2, 0.25) is 0 Å². The minimum atomic E-state index is -1.30. The molecule has 0 unspecified atom stereocenters. The molecule has 0 N–H and O–H groups in total. The zero-order valence-corrected chi connectivity index (χ0v) is 23.8. The van der Waals surface area contributed by atoms with E-state index in [2.05, 4.69) is 95.9 Å². The Morgan fingerprint density at radius 3 is 1.37 bits per heavy atom. The van der Waals surface area contributed by atoms with Gasteiger partial charge in [-0.25, -0.2) is 11.6 Å². The molecule has 3 rings (SSSR count). The van der Waals surface area contributed by atoms with Gasteiger partial charge in [-0.3, -0.25) is 6.08 Å². The summed E-state index contributed by atoms with van der Waals surface area (Å²) >= 11 is 0. The number of aryl methyl sites for hydroxylation is 4. The Kier molecular flexibility index (Phi) is 13.5. The molecule has 2 aromatic rings. The molecule has 2 aromatic carbocycles. The second-order valence-corrected chi connectivity index (χ2v) is 14.1. The molecule has 0 heterocycles. The number of benzene rings is 2. The van der Waals surface area contributed by atoms with E-state index in [1.54, 1.807) is 5.20 Å². The van der Waals surface area contributed by atoms with E-state index in [9.17, 15) is 0 Å². The van der Waals surface area contributed by atoms with Gasteiger partial charge in [0, 0.05) is 5.92 Å². The van der Waals surface area contributed by atoms with E-state index >= 15 is 0 Å². The van der Waals surface area contributed by atoms with Crippen molar-refractivity contribution in [2.75, 3.05) is 0 Å². The Bertz CT molecular complexity index is 819. The Hall–Kier alpha value is -0.279. The number of rotatable bonds is 4. The van der Waals surface area contributed by atoms with Crippen LogP contribution in [-0.2, 0) is 21.7 Å². The van der Waals surface area contributed by atoms with Crippen LogP contribution in [0, 0.1) is 33.8 Å². The summed E-state index contributed by atoms with van der Waals surface area (Å²) in [6, 6.07) is 13.9. The predicted octanol–water partition coefficient (Wildman–Crippen LogP) is -2.00. The molecular weight excluding hydrogens is 483 g/mol. The molecule has 1 aliphatic carbocycles. The van der Waals surface area contributed by atoms with Gasteiger partial charge in [0.15, 0.2) is 0 Å². The summed E-state index contributed by atoms with van der Waals surface area (Å²) in [6.07, 6.45) is 7.35. The fourth-order valence-electron chi connectivity index (χ4n) is 4.08. The summed E-state index contributed by atoms with van der Waals surface area (Å²) in [6.45, 7) is 16.1. The minimum Gasteiger partial charge on any atom is -1.00 e. The molecule has 0 aromatic heterocycles. The van der Waals surface area contributed by atoms with Crippen molar-refractivity contribution < 1.29 is 58.9 Å². The maximum absolute atomic E-state index is 3.85. The van der Waals surface area contributed by atoms with Crippen LogP contribution in [0.15, 0.2) is 53.2 Å². The first-order valence-corrected chi connectivity index (χ1v) is 13.1. The minimum absolute atomic E-state index is 0. The Balaban J connectivity index is 0. The number of hydrogen-bond donors (Lipinski definition) is 0. The van der Waals surface area contributed by atoms with Crippen molar-refractivity contribution >= 4 is 8.07 Å². The summed E-state index contributed by atoms with van der Waals surface area (Å²) < 4.78 is 0. The molecule has 0 saturated carbocycles. The third kappa shape index (κ3) is 7.69. The maximum atomic E-state index is 3.85. The van der Waals surface area contributed by atoms with Crippen LogP contribution in [0.1, 0.15) is 45.7 Å². The van der Waals surface area contributed by atoms with E-state index in [0.29, 0.717) is 0 Å². The fourth-order valence-corrected chi connectivity index (χ4v) is 5.31. The van der Waals surface area contributed by atoms with E-state index in [0.717, 1.165) is 6.42 Å². The van der Waals surface area contributed by atoms with Crippen LogP contribution in [0.2, 0.25) is 19.6 Å². The molecule has 0 fully saturated rings. The van der Waals surface area contributed by atoms with Crippen molar-refractivity contribution in [2.24, 2.45) is 0 Å². The van der Waals surface area contributed by atoms with Gasteiger partial charge in [0.1, 0.15) is 0 Å². The second kappa shape index (κ2) is 12.7. The van der Waals surface area contributed by atoms with Crippen LogP contribution >= 0.6 is 0 Å². The average Bonchev–Trinajstić information content (AvgIpc) is 2.95. The first-order chi connectivity index (χ1) is 12.1. The van der Waals surface area contributed by atoms with E-state index < -0.39 is 8.07 Å². The Morgan fingerprint density at radius 1 is 0.700 bits per heavy atom. The molecule has 0 spiro atoms. The van der Waals surface area contributed by atoms with Gasteiger partial charge in [0.05, 0.1) is 8.07 Å². The van der Waals surface area contributed by atoms with E-state index in [4.69, 9.17) is 0 Å². The second-order valence-electron chi connectivity index (χ2n) is 8.99. The number of halogens is 3. The Morgan fingerprint density at radius 2 is 1.07 bits per heavy atom. The Labute approximate surface area is 218 Å². The third-order valence-corrected chi connectivity index (χ3v) is 7.33. The van der Waals surface area contributed by atoms with Crippen LogP contribution in [0.4, 0.5) is 0 Å².